The van der Waals surface area contributed by atoms with E-state index in [-0.39, 0.29) is 18.0 Å². The Morgan fingerprint density at radius 2 is 2.47 bits per heavy atom. The summed E-state index contributed by atoms with van der Waals surface area (Å²) in [4.78, 5) is 16.7. The molecule has 1 aliphatic heterocycles. The molecule has 0 saturated carbocycles. The molecule has 1 amide bonds. The van der Waals surface area contributed by atoms with Crippen LogP contribution in [0, 0.1) is 12.8 Å². The quantitative estimate of drug-likeness (QED) is 0.891. The number of nitrogens with zero attached hydrogens (tertiary/aromatic N) is 1. The van der Waals surface area contributed by atoms with Crippen LogP contribution in [0.4, 0.5) is 0 Å². The van der Waals surface area contributed by atoms with Crippen LogP contribution in [0.3, 0.4) is 0 Å². The molecule has 0 spiro atoms. The molecule has 106 valence electrons. The molecule has 2 heterocycles. The molecule has 2 rings (SSSR count). The second-order valence-electron chi connectivity index (χ2n) is 5.36. The number of aryl methyl sites for hydroxylation is 1. The molecule has 4 nitrogen and oxygen atoms in total. The highest BCUT2D eigenvalue weighted by Gasteiger charge is 2.27. The molecule has 1 aromatic rings. The van der Waals surface area contributed by atoms with E-state index in [2.05, 4.69) is 22.5 Å². The lowest BCUT2D eigenvalue weighted by atomic mass is 9.90. The fraction of sp³-hybridized carbons (Fsp3) is 0.714. The number of thiazole rings is 1. The molecule has 5 heteroatoms. The van der Waals surface area contributed by atoms with Gasteiger partial charge in [-0.15, -0.1) is 11.3 Å². The number of amides is 1. The largest absolute Gasteiger partial charge is 0.346 e. The van der Waals surface area contributed by atoms with Crippen molar-refractivity contribution in [1.82, 2.24) is 15.6 Å². The van der Waals surface area contributed by atoms with Gasteiger partial charge >= 0.3 is 0 Å². The van der Waals surface area contributed by atoms with Gasteiger partial charge in [0.1, 0.15) is 5.01 Å². The first-order valence-corrected chi connectivity index (χ1v) is 7.94. The molecule has 0 radical (unpaired) electrons. The van der Waals surface area contributed by atoms with Gasteiger partial charge in [-0.2, -0.15) is 0 Å². The number of piperidine rings is 1. The molecule has 0 aliphatic carbocycles. The van der Waals surface area contributed by atoms with Crippen LogP contribution >= 0.6 is 11.3 Å². The van der Waals surface area contributed by atoms with Gasteiger partial charge in [0.2, 0.25) is 5.91 Å². The number of carbonyl (C=O) groups excluding carboxylic acids is 1. The topological polar surface area (TPSA) is 54.0 Å². The smallest absolute Gasteiger partial charge is 0.237 e. The fourth-order valence-electron chi connectivity index (χ4n) is 2.51. The Balaban J connectivity index is 1.89. The minimum atomic E-state index is -0.0396. The summed E-state index contributed by atoms with van der Waals surface area (Å²) >= 11 is 1.61. The normalized spacial score (nSPS) is 25.0. The average molecular weight is 281 g/mol. The van der Waals surface area contributed by atoms with E-state index in [1.807, 2.05) is 19.2 Å². The van der Waals surface area contributed by atoms with E-state index in [0.29, 0.717) is 5.92 Å². The van der Waals surface area contributed by atoms with Gasteiger partial charge in [0, 0.05) is 11.1 Å². The second kappa shape index (κ2) is 6.48. The third-order valence-electron chi connectivity index (χ3n) is 3.77. The van der Waals surface area contributed by atoms with Crippen molar-refractivity contribution >= 4 is 17.2 Å². The zero-order valence-corrected chi connectivity index (χ0v) is 12.7. The predicted octanol–water partition coefficient (Wildman–Crippen LogP) is 2.41. The fourth-order valence-corrected chi connectivity index (χ4v) is 3.32. The predicted molar refractivity (Wildman–Crippen MR) is 78.2 cm³/mol. The van der Waals surface area contributed by atoms with Crippen LogP contribution < -0.4 is 10.6 Å². The summed E-state index contributed by atoms with van der Waals surface area (Å²) in [7, 11) is 0. The SMILES string of the molecule is CCC1CCNC(C(=O)NC(C)c2nc(C)cs2)C1. The first-order valence-electron chi connectivity index (χ1n) is 7.06. The van der Waals surface area contributed by atoms with Gasteiger partial charge in [-0.1, -0.05) is 13.3 Å². The zero-order valence-electron chi connectivity index (χ0n) is 11.9. The maximum Gasteiger partial charge on any atom is 0.237 e. The molecule has 3 unspecified atom stereocenters. The molecular formula is C14H23N3OS. The lowest BCUT2D eigenvalue weighted by Gasteiger charge is -2.29. The van der Waals surface area contributed by atoms with Gasteiger partial charge in [0.15, 0.2) is 0 Å². The van der Waals surface area contributed by atoms with Crippen LogP contribution in [0.1, 0.15) is 49.9 Å². The van der Waals surface area contributed by atoms with Crippen molar-refractivity contribution < 1.29 is 4.79 Å². The molecule has 2 N–H and O–H groups in total. The summed E-state index contributed by atoms with van der Waals surface area (Å²) in [6, 6.07) is -0.0442. The van der Waals surface area contributed by atoms with Gasteiger partial charge in [0.25, 0.3) is 0 Å². The first-order chi connectivity index (χ1) is 9.10. The average Bonchev–Trinajstić information content (AvgIpc) is 2.85. The van der Waals surface area contributed by atoms with Crippen LogP contribution in [-0.4, -0.2) is 23.5 Å². The number of aromatic nitrogens is 1. The highest BCUT2D eigenvalue weighted by molar-refractivity contribution is 7.09. The van der Waals surface area contributed by atoms with Crippen LogP contribution in [0.5, 0.6) is 0 Å². The lowest BCUT2D eigenvalue weighted by Crippen LogP contribution is -2.49. The van der Waals surface area contributed by atoms with E-state index in [1.54, 1.807) is 11.3 Å². The Kier molecular flexibility index (Phi) is 4.93. The van der Waals surface area contributed by atoms with Crippen LogP contribution in [0.25, 0.3) is 0 Å². The number of carbonyl (C=O) groups is 1. The van der Waals surface area contributed by atoms with Gasteiger partial charge < -0.3 is 10.6 Å². The third kappa shape index (κ3) is 3.76. The Hall–Kier alpha value is -0.940. The highest BCUT2D eigenvalue weighted by Crippen LogP contribution is 2.21. The highest BCUT2D eigenvalue weighted by atomic mass is 32.1. The summed E-state index contributed by atoms with van der Waals surface area (Å²) < 4.78 is 0. The van der Waals surface area contributed by atoms with Crippen molar-refractivity contribution in [3.05, 3.63) is 16.1 Å². The van der Waals surface area contributed by atoms with E-state index in [9.17, 15) is 4.79 Å². The Morgan fingerprint density at radius 3 is 3.11 bits per heavy atom. The minimum Gasteiger partial charge on any atom is -0.346 e. The van der Waals surface area contributed by atoms with Crippen LogP contribution in [0.15, 0.2) is 5.38 Å². The van der Waals surface area contributed by atoms with Crippen molar-refractivity contribution in [3.63, 3.8) is 0 Å². The molecule has 1 fully saturated rings. The van der Waals surface area contributed by atoms with Gasteiger partial charge in [0.05, 0.1) is 12.1 Å². The number of rotatable bonds is 4. The molecular weight excluding hydrogens is 258 g/mol. The third-order valence-corrected chi connectivity index (χ3v) is 4.92. The van der Waals surface area contributed by atoms with Crippen molar-refractivity contribution in [1.29, 1.82) is 0 Å². The minimum absolute atomic E-state index is 0.00463. The lowest BCUT2D eigenvalue weighted by molar-refractivity contribution is -0.124. The number of hydrogen-bond donors (Lipinski definition) is 2. The molecule has 3 atom stereocenters. The molecule has 1 aliphatic rings. The monoisotopic (exact) mass is 281 g/mol. The molecule has 1 saturated heterocycles. The Bertz CT molecular complexity index is 432. The summed E-state index contributed by atoms with van der Waals surface area (Å²) in [6.45, 7) is 7.12. The maximum atomic E-state index is 12.3. The van der Waals surface area contributed by atoms with Crippen molar-refractivity contribution in [2.24, 2.45) is 5.92 Å². The number of nitrogens with one attached hydrogen (secondary N) is 2. The van der Waals surface area contributed by atoms with Gasteiger partial charge in [-0.05, 0) is 39.2 Å². The maximum absolute atomic E-state index is 12.3. The molecule has 1 aromatic heterocycles. The van der Waals surface area contributed by atoms with Gasteiger partial charge in [-0.3, -0.25) is 4.79 Å². The van der Waals surface area contributed by atoms with Gasteiger partial charge in [-0.25, -0.2) is 4.98 Å². The van der Waals surface area contributed by atoms with E-state index in [0.717, 1.165) is 30.1 Å². The number of hydrogen-bond acceptors (Lipinski definition) is 4. The van der Waals surface area contributed by atoms with Crippen LogP contribution in [0.2, 0.25) is 0 Å². The molecule has 0 bridgehead atoms. The van der Waals surface area contributed by atoms with Crippen molar-refractivity contribution in [2.75, 3.05) is 6.54 Å². The Labute approximate surface area is 119 Å². The van der Waals surface area contributed by atoms with E-state index < -0.39 is 0 Å². The molecule has 0 aromatic carbocycles. The standard InChI is InChI=1S/C14H23N3OS/c1-4-11-5-6-15-12(7-11)13(18)17-10(3)14-16-9(2)8-19-14/h8,10-12,15H,4-7H2,1-3H3,(H,17,18). The Morgan fingerprint density at radius 1 is 1.68 bits per heavy atom. The van der Waals surface area contributed by atoms with Crippen molar-refractivity contribution in [3.8, 4) is 0 Å². The van der Waals surface area contributed by atoms with Crippen LogP contribution in [-0.2, 0) is 4.79 Å². The first kappa shape index (κ1) is 14.5. The molecule has 19 heavy (non-hydrogen) atoms. The van der Waals surface area contributed by atoms with Crippen molar-refractivity contribution in [2.45, 2.75) is 52.1 Å². The van der Waals surface area contributed by atoms with E-state index >= 15 is 0 Å². The summed E-state index contributed by atoms with van der Waals surface area (Å²) in [5.74, 6) is 0.785. The summed E-state index contributed by atoms with van der Waals surface area (Å²) in [6.07, 6.45) is 3.29. The zero-order chi connectivity index (χ0) is 13.8. The summed E-state index contributed by atoms with van der Waals surface area (Å²) in [5, 5.41) is 9.38. The van der Waals surface area contributed by atoms with E-state index in [1.165, 1.54) is 6.42 Å². The summed E-state index contributed by atoms with van der Waals surface area (Å²) in [5.41, 5.74) is 1.02. The second-order valence-corrected chi connectivity index (χ2v) is 6.25. The van der Waals surface area contributed by atoms with E-state index in [4.69, 9.17) is 0 Å².